The lowest BCUT2D eigenvalue weighted by atomic mass is 9.98. The van der Waals surface area contributed by atoms with Crippen LogP contribution in [0.2, 0.25) is 5.02 Å². The SMILES string of the molecule is N#CCc1ccccc1-c1ccc(Cl)cc1. The van der Waals surface area contributed by atoms with Crippen molar-refractivity contribution in [1.29, 1.82) is 5.26 Å². The Morgan fingerprint density at radius 3 is 2.38 bits per heavy atom. The molecule has 0 atom stereocenters. The second-order valence-corrected chi connectivity index (χ2v) is 3.94. The van der Waals surface area contributed by atoms with Crippen molar-refractivity contribution in [3.63, 3.8) is 0 Å². The summed E-state index contributed by atoms with van der Waals surface area (Å²) in [5.41, 5.74) is 3.24. The van der Waals surface area contributed by atoms with Gasteiger partial charge >= 0.3 is 0 Å². The minimum absolute atomic E-state index is 0.429. The van der Waals surface area contributed by atoms with E-state index in [1.54, 1.807) is 0 Å². The van der Waals surface area contributed by atoms with Crippen LogP contribution < -0.4 is 0 Å². The van der Waals surface area contributed by atoms with E-state index in [9.17, 15) is 0 Å². The van der Waals surface area contributed by atoms with Crippen LogP contribution in [0.5, 0.6) is 0 Å². The van der Waals surface area contributed by atoms with Crippen molar-refractivity contribution in [2.24, 2.45) is 0 Å². The molecule has 0 saturated carbocycles. The standard InChI is InChI=1S/C14H10ClN/c15-13-7-5-12(6-8-13)14-4-2-1-3-11(14)9-10-16/h1-8H,9H2. The molecule has 1 nitrogen and oxygen atoms in total. The zero-order valence-electron chi connectivity index (χ0n) is 8.65. The summed E-state index contributed by atoms with van der Waals surface area (Å²) in [6.07, 6.45) is 0.429. The van der Waals surface area contributed by atoms with Gasteiger partial charge in [-0.3, -0.25) is 0 Å². The third kappa shape index (κ3) is 2.24. The first-order chi connectivity index (χ1) is 7.81. The number of benzene rings is 2. The molecular formula is C14H10ClN. The number of halogens is 1. The number of nitriles is 1. The molecule has 0 saturated heterocycles. The monoisotopic (exact) mass is 227 g/mol. The quantitative estimate of drug-likeness (QED) is 0.759. The number of rotatable bonds is 2. The second kappa shape index (κ2) is 4.83. The van der Waals surface area contributed by atoms with Crippen molar-refractivity contribution >= 4 is 11.6 Å². The molecule has 78 valence electrons. The molecule has 0 aliphatic rings. The molecule has 0 heterocycles. The maximum absolute atomic E-state index is 8.76. The van der Waals surface area contributed by atoms with Crippen molar-refractivity contribution in [2.75, 3.05) is 0 Å². The third-order valence-corrected chi connectivity index (χ3v) is 2.69. The molecule has 16 heavy (non-hydrogen) atoms. The predicted molar refractivity (Wildman–Crippen MR) is 66.2 cm³/mol. The molecule has 2 aromatic carbocycles. The van der Waals surface area contributed by atoms with Crippen LogP contribution in [0.25, 0.3) is 11.1 Å². The molecule has 0 radical (unpaired) electrons. The molecule has 2 rings (SSSR count). The van der Waals surface area contributed by atoms with Crippen molar-refractivity contribution < 1.29 is 0 Å². The van der Waals surface area contributed by atoms with Gasteiger partial charge in [-0.05, 0) is 28.8 Å². The molecule has 2 aromatic rings. The number of hydrogen-bond acceptors (Lipinski definition) is 1. The van der Waals surface area contributed by atoms with Gasteiger partial charge in [0.2, 0.25) is 0 Å². The Labute approximate surface area is 99.9 Å². The number of hydrogen-bond donors (Lipinski definition) is 0. The van der Waals surface area contributed by atoms with Gasteiger partial charge in [-0.1, -0.05) is 48.0 Å². The van der Waals surface area contributed by atoms with Gasteiger partial charge in [0.05, 0.1) is 12.5 Å². The molecular weight excluding hydrogens is 218 g/mol. The maximum Gasteiger partial charge on any atom is 0.0669 e. The van der Waals surface area contributed by atoms with Gasteiger partial charge in [0.25, 0.3) is 0 Å². The topological polar surface area (TPSA) is 23.8 Å². The summed E-state index contributed by atoms with van der Waals surface area (Å²) in [5.74, 6) is 0. The van der Waals surface area contributed by atoms with Crippen molar-refractivity contribution in [3.8, 4) is 17.2 Å². The smallest absolute Gasteiger partial charge is 0.0669 e. The molecule has 0 N–H and O–H groups in total. The zero-order chi connectivity index (χ0) is 11.4. The lowest BCUT2D eigenvalue weighted by Gasteiger charge is -2.06. The van der Waals surface area contributed by atoms with E-state index >= 15 is 0 Å². The van der Waals surface area contributed by atoms with Gasteiger partial charge in [0.1, 0.15) is 0 Å². The van der Waals surface area contributed by atoms with Crippen LogP contribution in [0.15, 0.2) is 48.5 Å². The molecule has 0 aromatic heterocycles. The maximum atomic E-state index is 8.76. The average molecular weight is 228 g/mol. The van der Waals surface area contributed by atoms with Gasteiger partial charge in [-0.15, -0.1) is 0 Å². The Balaban J connectivity index is 2.47. The molecule has 0 bridgehead atoms. The van der Waals surface area contributed by atoms with Crippen LogP contribution in [-0.4, -0.2) is 0 Å². The van der Waals surface area contributed by atoms with E-state index in [-0.39, 0.29) is 0 Å². The van der Waals surface area contributed by atoms with Crippen molar-refractivity contribution in [3.05, 3.63) is 59.1 Å². The van der Waals surface area contributed by atoms with Gasteiger partial charge in [0, 0.05) is 5.02 Å². The molecule has 0 aliphatic carbocycles. The second-order valence-electron chi connectivity index (χ2n) is 3.50. The van der Waals surface area contributed by atoms with E-state index in [2.05, 4.69) is 6.07 Å². The van der Waals surface area contributed by atoms with Crippen LogP contribution in [0.4, 0.5) is 0 Å². The van der Waals surface area contributed by atoms with Crippen LogP contribution in [0, 0.1) is 11.3 Å². The van der Waals surface area contributed by atoms with E-state index in [1.807, 2.05) is 48.5 Å². The highest BCUT2D eigenvalue weighted by Crippen LogP contribution is 2.25. The zero-order valence-corrected chi connectivity index (χ0v) is 9.41. The number of nitrogens with zero attached hydrogens (tertiary/aromatic N) is 1. The van der Waals surface area contributed by atoms with Crippen LogP contribution >= 0.6 is 11.6 Å². The Bertz CT molecular complexity index is 523. The Hall–Kier alpha value is -1.78. The van der Waals surface area contributed by atoms with Crippen molar-refractivity contribution in [2.45, 2.75) is 6.42 Å². The van der Waals surface area contributed by atoms with Gasteiger partial charge in [-0.25, -0.2) is 0 Å². The summed E-state index contributed by atoms with van der Waals surface area (Å²) in [7, 11) is 0. The molecule has 0 unspecified atom stereocenters. The normalized spacial score (nSPS) is 9.75. The molecule has 0 fully saturated rings. The van der Waals surface area contributed by atoms with Gasteiger partial charge in [-0.2, -0.15) is 5.26 Å². The largest absolute Gasteiger partial charge is 0.198 e. The summed E-state index contributed by atoms with van der Waals surface area (Å²) in [5, 5.41) is 9.49. The van der Waals surface area contributed by atoms with Crippen LogP contribution in [-0.2, 0) is 6.42 Å². The lowest BCUT2D eigenvalue weighted by Crippen LogP contribution is -1.87. The Morgan fingerprint density at radius 1 is 1.00 bits per heavy atom. The fourth-order valence-corrected chi connectivity index (χ4v) is 1.80. The summed E-state index contributed by atoms with van der Waals surface area (Å²) in [6, 6.07) is 17.8. The molecule has 0 amide bonds. The van der Waals surface area contributed by atoms with Crippen molar-refractivity contribution in [1.82, 2.24) is 0 Å². The van der Waals surface area contributed by atoms with Crippen LogP contribution in [0.1, 0.15) is 5.56 Å². The average Bonchev–Trinajstić information content (AvgIpc) is 2.32. The van der Waals surface area contributed by atoms with E-state index in [1.165, 1.54) is 0 Å². The summed E-state index contributed by atoms with van der Waals surface area (Å²) in [6.45, 7) is 0. The van der Waals surface area contributed by atoms with Gasteiger partial charge in [0.15, 0.2) is 0 Å². The molecule has 2 heteroatoms. The minimum Gasteiger partial charge on any atom is -0.198 e. The Morgan fingerprint density at radius 2 is 1.69 bits per heavy atom. The summed E-state index contributed by atoms with van der Waals surface area (Å²) in [4.78, 5) is 0. The minimum atomic E-state index is 0.429. The van der Waals surface area contributed by atoms with Gasteiger partial charge < -0.3 is 0 Å². The lowest BCUT2D eigenvalue weighted by molar-refractivity contribution is 1.26. The van der Waals surface area contributed by atoms with E-state index in [0.29, 0.717) is 6.42 Å². The first kappa shape index (κ1) is 10.7. The summed E-state index contributed by atoms with van der Waals surface area (Å²) < 4.78 is 0. The van der Waals surface area contributed by atoms with E-state index in [4.69, 9.17) is 16.9 Å². The van der Waals surface area contributed by atoms with Crippen LogP contribution in [0.3, 0.4) is 0 Å². The predicted octanol–water partition coefficient (Wildman–Crippen LogP) is 4.07. The highest BCUT2D eigenvalue weighted by Gasteiger charge is 2.03. The summed E-state index contributed by atoms with van der Waals surface area (Å²) >= 11 is 5.85. The highest BCUT2D eigenvalue weighted by atomic mass is 35.5. The third-order valence-electron chi connectivity index (χ3n) is 2.44. The fourth-order valence-electron chi connectivity index (χ4n) is 1.67. The highest BCUT2D eigenvalue weighted by molar-refractivity contribution is 6.30. The first-order valence-corrected chi connectivity index (χ1v) is 5.40. The van der Waals surface area contributed by atoms with E-state index < -0.39 is 0 Å². The molecule has 0 aliphatic heterocycles. The first-order valence-electron chi connectivity index (χ1n) is 5.02. The fraction of sp³-hybridized carbons (Fsp3) is 0.0714. The molecule has 0 spiro atoms. The Kier molecular flexibility index (Phi) is 3.24. The van der Waals surface area contributed by atoms with E-state index in [0.717, 1.165) is 21.7 Å².